The zero-order valence-electron chi connectivity index (χ0n) is 12.8. The van der Waals surface area contributed by atoms with Crippen LogP contribution in [0.4, 0.5) is 0 Å². The maximum Gasteiger partial charge on any atom is 0.101 e. The van der Waals surface area contributed by atoms with Gasteiger partial charge < -0.3 is 5.32 Å². The van der Waals surface area contributed by atoms with Crippen molar-refractivity contribution in [1.29, 1.82) is 0 Å². The molecule has 0 saturated carbocycles. The molecular formula is C16H24N4. The van der Waals surface area contributed by atoms with Gasteiger partial charge in [0.1, 0.15) is 5.69 Å². The molecule has 0 aliphatic carbocycles. The first-order valence-electron chi connectivity index (χ1n) is 7.23. The van der Waals surface area contributed by atoms with E-state index in [1.165, 1.54) is 0 Å². The molecule has 2 rings (SSSR count). The van der Waals surface area contributed by atoms with E-state index >= 15 is 0 Å². The lowest BCUT2D eigenvalue weighted by Gasteiger charge is -2.29. The number of nitrogens with zero attached hydrogens (tertiary/aromatic N) is 3. The molecule has 1 atom stereocenters. The third-order valence-electron chi connectivity index (χ3n) is 3.26. The fraction of sp³-hybridized carbons (Fsp3) is 0.500. The van der Waals surface area contributed by atoms with Crippen LogP contribution >= 0.6 is 0 Å². The van der Waals surface area contributed by atoms with Crippen LogP contribution in [0.25, 0.3) is 5.69 Å². The third kappa shape index (κ3) is 3.45. The van der Waals surface area contributed by atoms with Crippen LogP contribution in [0.5, 0.6) is 0 Å². The van der Waals surface area contributed by atoms with E-state index in [9.17, 15) is 0 Å². The molecule has 2 aromatic rings. The standard InChI is InChI=1S/C16H24N4/c1-5-11-17-15(16(2,3)4)14-12-18-20(19-14)13-9-7-6-8-10-13/h6-10,12,15,17H,5,11H2,1-4H3. The largest absolute Gasteiger partial charge is 0.308 e. The molecule has 1 N–H and O–H groups in total. The Balaban J connectivity index is 2.25. The number of hydrogen-bond acceptors (Lipinski definition) is 3. The summed E-state index contributed by atoms with van der Waals surface area (Å²) in [6.45, 7) is 9.83. The van der Waals surface area contributed by atoms with Gasteiger partial charge in [0.05, 0.1) is 17.9 Å². The first kappa shape index (κ1) is 14.7. The lowest BCUT2D eigenvalue weighted by atomic mass is 9.85. The van der Waals surface area contributed by atoms with Crippen molar-refractivity contribution in [3.8, 4) is 5.69 Å². The second-order valence-electron chi connectivity index (χ2n) is 6.15. The van der Waals surface area contributed by atoms with Gasteiger partial charge in [-0.3, -0.25) is 0 Å². The van der Waals surface area contributed by atoms with E-state index in [1.54, 1.807) is 4.80 Å². The maximum atomic E-state index is 4.64. The first-order chi connectivity index (χ1) is 9.52. The number of aromatic nitrogens is 3. The highest BCUT2D eigenvalue weighted by atomic mass is 15.5. The summed E-state index contributed by atoms with van der Waals surface area (Å²) in [5, 5.41) is 12.6. The van der Waals surface area contributed by atoms with Crippen LogP contribution in [0, 0.1) is 5.41 Å². The molecule has 20 heavy (non-hydrogen) atoms. The van der Waals surface area contributed by atoms with Crippen LogP contribution in [0.2, 0.25) is 0 Å². The molecule has 0 spiro atoms. The Morgan fingerprint density at radius 3 is 2.50 bits per heavy atom. The summed E-state index contributed by atoms with van der Waals surface area (Å²) in [5.74, 6) is 0. The molecule has 0 aliphatic rings. The van der Waals surface area contributed by atoms with Crippen molar-refractivity contribution in [3.63, 3.8) is 0 Å². The number of para-hydroxylation sites is 1. The quantitative estimate of drug-likeness (QED) is 0.907. The normalized spacial score (nSPS) is 13.4. The Morgan fingerprint density at radius 2 is 1.90 bits per heavy atom. The number of nitrogens with one attached hydrogen (secondary N) is 1. The smallest absolute Gasteiger partial charge is 0.101 e. The van der Waals surface area contributed by atoms with E-state index in [0.29, 0.717) is 0 Å². The van der Waals surface area contributed by atoms with Gasteiger partial charge in [-0.2, -0.15) is 15.0 Å². The van der Waals surface area contributed by atoms with Gasteiger partial charge in [0, 0.05) is 0 Å². The highest BCUT2D eigenvalue weighted by Crippen LogP contribution is 2.31. The molecule has 1 heterocycles. The van der Waals surface area contributed by atoms with Crippen LogP contribution < -0.4 is 5.32 Å². The van der Waals surface area contributed by atoms with Crippen LogP contribution in [0.15, 0.2) is 36.5 Å². The van der Waals surface area contributed by atoms with E-state index in [-0.39, 0.29) is 11.5 Å². The maximum absolute atomic E-state index is 4.64. The van der Waals surface area contributed by atoms with E-state index < -0.39 is 0 Å². The third-order valence-corrected chi connectivity index (χ3v) is 3.26. The van der Waals surface area contributed by atoms with Crippen molar-refractivity contribution < 1.29 is 0 Å². The molecule has 0 fully saturated rings. The molecule has 1 unspecified atom stereocenters. The molecule has 0 aliphatic heterocycles. The summed E-state index contributed by atoms with van der Waals surface area (Å²) >= 11 is 0. The predicted molar refractivity (Wildman–Crippen MR) is 81.8 cm³/mol. The van der Waals surface area contributed by atoms with Gasteiger partial charge in [-0.15, -0.1) is 0 Å². The number of rotatable bonds is 5. The molecule has 4 nitrogen and oxygen atoms in total. The van der Waals surface area contributed by atoms with Crippen molar-refractivity contribution >= 4 is 0 Å². The Labute approximate surface area is 121 Å². The van der Waals surface area contributed by atoms with Gasteiger partial charge in [0.2, 0.25) is 0 Å². The highest BCUT2D eigenvalue weighted by Gasteiger charge is 2.28. The van der Waals surface area contributed by atoms with Gasteiger partial charge in [-0.1, -0.05) is 45.9 Å². The molecular weight excluding hydrogens is 248 g/mol. The monoisotopic (exact) mass is 272 g/mol. The van der Waals surface area contributed by atoms with E-state index in [0.717, 1.165) is 24.3 Å². The SMILES string of the molecule is CCCNC(c1cnn(-c2ccccc2)n1)C(C)(C)C. The van der Waals surface area contributed by atoms with Gasteiger partial charge in [0.15, 0.2) is 0 Å². The number of hydrogen-bond donors (Lipinski definition) is 1. The zero-order chi connectivity index (χ0) is 14.6. The van der Waals surface area contributed by atoms with Crippen LogP contribution in [0.3, 0.4) is 0 Å². The topological polar surface area (TPSA) is 42.7 Å². The van der Waals surface area contributed by atoms with Crippen molar-refractivity contribution in [1.82, 2.24) is 20.3 Å². The summed E-state index contributed by atoms with van der Waals surface area (Å²) in [6, 6.07) is 10.2. The Bertz CT molecular complexity index is 525. The first-order valence-corrected chi connectivity index (χ1v) is 7.23. The average molecular weight is 272 g/mol. The summed E-state index contributed by atoms with van der Waals surface area (Å²) < 4.78 is 0. The van der Waals surface area contributed by atoms with Gasteiger partial charge in [-0.05, 0) is 30.5 Å². The van der Waals surface area contributed by atoms with Crippen LogP contribution in [-0.4, -0.2) is 21.5 Å². The second kappa shape index (κ2) is 6.18. The molecule has 1 aromatic heterocycles. The zero-order valence-corrected chi connectivity index (χ0v) is 12.8. The molecule has 0 saturated heterocycles. The fourth-order valence-electron chi connectivity index (χ4n) is 2.24. The van der Waals surface area contributed by atoms with E-state index in [4.69, 9.17) is 0 Å². The van der Waals surface area contributed by atoms with Crippen molar-refractivity contribution in [2.24, 2.45) is 5.41 Å². The Kier molecular flexibility index (Phi) is 4.55. The summed E-state index contributed by atoms with van der Waals surface area (Å²) in [5.41, 5.74) is 2.09. The van der Waals surface area contributed by atoms with Crippen molar-refractivity contribution in [2.75, 3.05) is 6.54 Å². The summed E-state index contributed by atoms with van der Waals surface area (Å²) in [7, 11) is 0. The predicted octanol–water partition coefficient (Wildman–Crippen LogP) is 3.35. The second-order valence-corrected chi connectivity index (χ2v) is 6.15. The van der Waals surface area contributed by atoms with Gasteiger partial charge in [0.25, 0.3) is 0 Å². The van der Waals surface area contributed by atoms with E-state index in [1.807, 2.05) is 36.5 Å². The molecule has 0 amide bonds. The minimum Gasteiger partial charge on any atom is -0.308 e. The molecule has 0 bridgehead atoms. The molecule has 108 valence electrons. The minimum absolute atomic E-state index is 0.104. The summed E-state index contributed by atoms with van der Waals surface area (Å²) in [4.78, 5) is 1.70. The average Bonchev–Trinajstić information content (AvgIpc) is 2.88. The minimum atomic E-state index is 0.104. The van der Waals surface area contributed by atoms with Crippen molar-refractivity contribution in [3.05, 3.63) is 42.2 Å². The van der Waals surface area contributed by atoms with Gasteiger partial charge in [-0.25, -0.2) is 0 Å². The Hall–Kier alpha value is -1.68. The summed E-state index contributed by atoms with van der Waals surface area (Å²) in [6.07, 6.45) is 2.98. The molecule has 1 aromatic carbocycles. The van der Waals surface area contributed by atoms with E-state index in [2.05, 4.69) is 43.2 Å². The Morgan fingerprint density at radius 1 is 1.20 bits per heavy atom. The fourth-order valence-corrected chi connectivity index (χ4v) is 2.24. The lowest BCUT2D eigenvalue weighted by Crippen LogP contribution is -2.33. The number of benzene rings is 1. The lowest BCUT2D eigenvalue weighted by molar-refractivity contribution is 0.267. The van der Waals surface area contributed by atoms with Crippen molar-refractivity contribution in [2.45, 2.75) is 40.2 Å². The highest BCUT2D eigenvalue weighted by molar-refractivity contribution is 5.28. The van der Waals surface area contributed by atoms with Crippen LogP contribution in [-0.2, 0) is 0 Å². The van der Waals surface area contributed by atoms with Crippen LogP contribution in [0.1, 0.15) is 45.9 Å². The molecule has 4 heteroatoms. The molecule has 0 radical (unpaired) electrons. The van der Waals surface area contributed by atoms with Gasteiger partial charge >= 0.3 is 0 Å².